The number of hydrogen-bond donors (Lipinski definition) is 0. The van der Waals surface area contributed by atoms with E-state index in [1.54, 1.807) is 6.92 Å². The molecule has 1 aliphatic carbocycles. The van der Waals surface area contributed by atoms with E-state index < -0.39 is 0 Å². The average molecular weight is 219 g/mol. The van der Waals surface area contributed by atoms with Gasteiger partial charge in [-0.2, -0.15) is 0 Å². The average Bonchev–Trinajstić information content (AvgIpc) is 2.56. The van der Waals surface area contributed by atoms with Crippen LogP contribution in [0.5, 0.6) is 0 Å². The van der Waals surface area contributed by atoms with Gasteiger partial charge in [0.2, 0.25) is 0 Å². The van der Waals surface area contributed by atoms with Gasteiger partial charge in [0.1, 0.15) is 0 Å². The third-order valence-corrected chi connectivity index (χ3v) is 3.80. The summed E-state index contributed by atoms with van der Waals surface area (Å²) in [5.74, 6) is 0.190. The van der Waals surface area contributed by atoms with Crippen molar-refractivity contribution >= 4 is 5.78 Å². The van der Waals surface area contributed by atoms with Gasteiger partial charge in [-0.3, -0.25) is 4.79 Å². The van der Waals surface area contributed by atoms with Crippen molar-refractivity contribution in [1.29, 1.82) is 0 Å². The zero-order valence-electron chi connectivity index (χ0n) is 10.5. The number of aromatic nitrogens is 1. The second kappa shape index (κ2) is 4.44. The fraction of sp³-hybridized carbons (Fsp3) is 0.643. The predicted octanol–water partition coefficient (Wildman–Crippen LogP) is 3.81. The highest BCUT2D eigenvalue weighted by molar-refractivity contribution is 5.95. The first-order valence-electron chi connectivity index (χ1n) is 6.30. The summed E-state index contributed by atoms with van der Waals surface area (Å²) in [5.41, 5.74) is 3.31. The van der Waals surface area contributed by atoms with Gasteiger partial charge in [0.15, 0.2) is 5.78 Å². The van der Waals surface area contributed by atoms with Crippen LogP contribution >= 0.6 is 0 Å². The molecule has 1 aromatic rings. The first kappa shape index (κ1) is 11.4. The van der Waals surface area contributed by atoms with Crippen molar-refractivity contribution in [2.45, 2.75) is 58.9 Å². The Labute approximate surface area is 97.7 Å². The Kier molecular flexibility index (Phi) is 3.17. The molecule has 2 rings (SSSR count). The van der Waals surface area contributed by atoms with E-state index in [1.807, 2.05) is 6.07 Å². The lowest BCUT2D eigenvalue weighted by Gasteiger charge is -2.26. The monoisotopic (exact) mass is 219 g/mol. The van der Waals surface area contributed by atoms with Crippen LogP contribution in [0.25, 0.3) is 0 Å². The van der Waals surface area contributed by atoms with Gasteiger partial charge in [0, 0.05) is 23.0 Å². The third kappa shape index (κ3) is 1.93. The van der Waals surface area contributed by atoms with Crippen LogP contribution in [0, 0.1) is 13.8 Å². The van der Waals surface area contributed by atoms with Crippen LogP contribution in [0.3, 0.4) is 0 Å². The maximum atomic E-state index is 11.5. The highest BCUT2D eigenvalue weighted by atomic mass is 16.1. The summed E-state index contributed by atoms with van der Waals surface area (Å²) in [6, 6.07) is 2.67. The summed E-state index contributed by atoms with van der Waals surface area (Å²) in [4.78, 5) is 11.5. The van der Waals surface area contributed by atoms with Gasteiger partial charge in [-0.1, -0.05) is 19.3 Å². The second-order valence-corrected chi connectivity index (χ2v) is 5.00. The number of carbonyl (C=O) groups excluding carboxylic acids is 1. The second-order valence-electron chi connectivity index (χ2n) is 5.00. The maximum Gasteiger partial charge on any atom is 0.161 e. The van der Waals surface area contributed by atoms with Gasteiger partial charge in [-0.05, 0) is 39.7 Å². The lowest BCUT2D eigenvalue weighted by atomic mass is 9.95. The molecular formula is C14H21NO. The molecule has 0 amide bonds. The minimum Gasteiger partial charge on any atom is -0.345 e. The molecule has 0 N–H and O–H groups in total. The number of nitrogens with zero attached hydrogens (tertiary/aromatic N) is 1. The van der Waals surface area contributed by atoms with Gasteiger partial charge >= 0.3 is 0 Å². The zero-order chi connectivity index (χ0) is 11.7. The molecule has 1 fully saturated rings. The van der Waals surface area contributed by atoms with E-state index >= 15 is 0 Å². The van der Waals surface area contributed by atoms with Crippen LogP contribution in [-0.4, -0.2) is 10.4 Å². The first-order chi connectivity index (χ1) is 7.61. The normalized spacial score (nSPS) is 17.7. The molecule has 0 aromatic carbocycles. The SMILES string of the molecule is CC(=O)c1cc(C)n(C2CCCCC2)c1C. The highest BCUT2D eigenvalue weighted by Crippen LogP contribution is 2.32. The molecular weight excluding hydrogens is 198 g/mol. The summed E-state index contributed by atoms with van der Waals surface area (Å²) in [7, 11) is 0. The van der Waals surface area contributed by atoms with Crippen molar-refractivity contribution in [2.24, 2.45) is 0 Å². The molecule has 0 atom stereocenters. The summed E-state index contributed by atoms with van der Waals surface area (Å²) in [6.07, 6.45) is 6.57. The lowest BCUT2D eigenvalue weighted by Crippen LogP contribution is -2.15. The molecule has 0 aliphatic heterocycles. The zero-order valence-corrected chi connectivity index (χ0v) is 10.5. The minimum atomic E-state index is 0.190. The van der Waals surface area contributed by atoms with Gasteiger partial charge in [0.25, 0.3) is 0 Å². The Morgan fingerprint density at radius 2 is 1.88 bits per heavy atom. The van der Waals surface area contributed by atoms with Crippen molar-refractivity contribution < 1.29 is 4.79 Å². The molecule has 2 nitrogen and oxygen atoms in total. The maximum absolute atomic E-state index is 11.5. The molecule has 0 spiro atoms. The molecule has 1 aromatic heterocycles. The summed E-state index contributed by atoms with van der Waals surface area (Å²) in [5, 5.41) is 0. The van der Waals surface area contributed by atoms with Crippen LogP contribution in [0.15, 0.2) is 6.07 Å². The number of carbonyl (C=O) groups is 1. The molecule has 0 saturated heterocycles. The molecule has 16 heavy (non-hydrogen) atoms. The Bertz CT molecular complexity index is 397. The molecule has 0 radical (unpaired) electrons. The summed E-state index contributed by atoms with van der Waals surface area (Å²) in [6.45, 7) is 5.86. The standard InChI is InChI=1S/C14H21NO/c1-10-9-14(12(3)16)11(2)15(10)13-7-5-4-6-8-13/h9,13H,4-8H2,1-3H3. The van der Waals surface area contributed by atoms with E-state index in [0.29, 0.717) is 6.04 Å². The molecule has 1 saturated carbocycles. The van der Waals surface area contributed by atoms with Crippen molar-refractivity contribution in [3.63, 3.8) is 0 Å². The summed E-state index contributed by atoms with van der Waals surface area (Å²) >= 11 is 0. The smallest absolute Gasteiger partial charge is 0.161 e. The Morgan fingerprint density at radius 1 is 1.25 bits per heavy atom. The predicted molar refractivity (Wildman–Crippen MR) is 66.0 cm³/mol. The van der Waals surface area contributed by atoms with Crippen LogP contribution in [0.1, 0.15) is 66.8 Å². The van der Waals surface area contributed by atoms with E-state index in [0.717, 1.165) is 11.3 Å². The van der Waals surface area contributed by atoms with Gasteiger partial charge in [0.05, 0.1) is 0 Å². The Morgan fingerprint density at radius 3 is 2.38 bits per heavy atom. The largest absolute Gasteiger partial charge is 0.345 e. The van der Waals surface area contributed by atoms with Crippen LogP contribution in [0.4, 0.5) is 0 Å². The van der Waals surface area contributed by atoms with Crippen molar-refractivity contribution in [3.8, 4) is 0 Å². The Hall–Kier alpha value is -1.05. The number of Topliss-reactive ketones (excluding diaryl/α,β-unsaturated/α-hetero) is 1. The number of ketones is 1. The number of aryl methyl sites for hydroxylation is 1. The van der Waals surface area contributed by atoms with E-state index in [1.165, 1.54) is 37.8 Å². The minimum absolute atomic E-state index is 0.190. The summed E-state index contributed by atoms with van der Waals surface area (Å²) < 4.78 is 2.38. The van der Waals surface area contributed by atoms with E-state index in [4.69, 9.17) is 0 Å². The fourth-order valence-electron chi connectivity index (χ4n) is 3.03. The topological polar surface area (TPSA) is 22.0 Å². The third-order valence-electron chi connectivity index (χ3n) is 3.80. The van der Waals surface area contributed by atoms with Crippen molar-refractivity contribution in [3.05, 3.63) is 23.0 Å². The number of rotatable bonds is 2. The van der Waals surface area contributed by atoms with Gasteiger partial charge in [-0.15, -0.1) is 0 Å². The Balaban J connectivity index is 2.36. The molecule has 1 heterocycles. The van der Waals surface area contributed by atoms with Gasteiger partial charge in [-0.25, -0.2) is 0 Å². The molecule has 0 bridgehead atoms. The van der Waals surface area contributed by atoms with Crippen LogP contribution in [0.2, 0.25) is 0 Å². The molecule has 0 unspecified atom stereocenters. The first-order valence-corrected chi connectivity index (χ1v) is 6.30. The quantitative estimate of drug-likeness (QED) is 0.693. The van der Waals surface area contributed by atoms with Gasteiger partial charge < -0.3 is 4.57 Å². The van der Waals surface area contributed by atoms with Crippen LogP contribution < -0.4 is 0 Å². The highest BCUT2D eigenvalue weighted by Gasteiger charge is 2.20. The molecule has 2 heteroatoms. The van der Waals surface area contributed by atoms with E-state index in [-0.39, 0.29) is 5.78 Å². The van der Waals surface area contributed by atoms with Crippen molar-refractivity contribution in [1.82, 2.24) is 4.57 Å². The van der Waals surface area contributed by atoms with E-state index in [9.17, 15) is 4.79 Å². The molecule has 1 aliphatic rings. The lowest BCUT2D eigenvalue weighted by molar-refractivity contribution is 0.101. The number of hydrogen-bond acceptors (Lipinski definition) is 1. The van der Waals surface area contributed by atoms with Crippen molar-refractivity contribution in [2.75, 3.05) is 0 Å². The molecule has 88 valence electrons. The fourth-order valence-corrected chi connectivity index (χ4v) is 3.03. The van der Waals surface area contributed by atoms with E-state index in [2.05, 4.69) is 18.4 Å². The van der Waals surface area contributed by atoms with Crippen LogP contribution in [-0.2, 0) is 0 Å².